The van der Waals surface area contributed by atoms with E-state index in [-0.39, 0.29) is 5.78 Å². The summed E-state index contributed by atoms with van der Waals surface area (Å²) in [6, 6.07) is 10.1. The SMILES string of the molecule is CC.CC(=O)CCc1ccccc1.CCCSC(CC)CC(C)CO. The van der Waals surface area contributed by atoms with E-state index in [4.69, 9.17) is 5.11 Å². The molecule has 0 aliphatic rings. The number of hydrogen-bond acceptors (Lipinski definition) is 3. The lowest BCUT2D eigenvalue weighted by molar-refractivity contribution is -0.116. The fourth-order valence-corrected chi connectivity index (χ4v) is 3.39. The first-order valence-corrected chi connectivity index (χ1v) is 10.8. The van der Waals surface area contributed by atoms with Gasteiger partial charge < -0.3 is 9.90 Å². The molecule has 0 fully saturated rings. The number of ketones is 1. The Labute approximate surface area is 160 Å². The van der Waals surface area contributed by atoms with Crippen molar-refractivity contribution in [3.05, 3.63) is 35.9 Å². The molecule has 0 radical (unpaired) electrons. The third-order valence-corrected chi connectivity index (χ3v) is 5.24. The largest absolute Gasteiger partial charge is 0.396 e. The van der Waals surface area contributed by atoms with E-state index in [1.54, 1.807) is 6.92 Å². The molecule has 0 aliphatic carbocycles. The third kappa shape index (κ3) is 17.8. The topological polar surface area (TPSA) is 37.3 Å². The normalized spacial score (nSPS) is 12.1. The average molecular weight is 369 g/mol. The van der Waals surface area contributed by atoms with Gasteiger partial charge in [-0.1, -0.05) is 65.0 Å². The molecule has 0 aliphatic heterocycles. The van der Waals surface area contributed by atoms with Gasteiger partial charge in [-0.15, -0.1) is 0 Å². The van der Waals surface area contributed by atoms with Gasteiger partial charge >= 0.3 is 0 Å². The minimum absolute atomic E-state index is 0.258. The fraction of sp³-hybridized carbons (Fsp3) is 0.682. The highest BCUT2D eigenvalue weighted by Gasteiger charge is 2.10. The first-order chi connectivity index (χ1) is 12.0. The van der Waals surface area contributed by atoms with Crippen LogP contribution in [0.3, 0.4) is 0 Å². The Hall–Kier alpha value is -0.800. The van der Waals surface area contributed by atoms with E-state index in [0.717, 1.165) is 18.1 Å². The van der Waals surface area contributed by atoms with Gasteiger partial charge in [0.1, 0.15) is 5.78 Å². The quantitative estimate of drug-likeness (QED) is 0.537. The summed E-state index contributed by atoms with van der Waals surface area (Å²) in [6.07, 6.45) is 5.18. The number of aliphatic hydroxyl groups excluding tert-OH is 1. The second-order valence-electron chi connectivity index (χ2n) is 6.11. The van der Waals surface area contributed by atoms with Crippen molar-refractivity contribution in [1.82, 2.24) is 0 Å². The summed E-state index contributed by atoms with van der Waals surface area (Å²) in [5.41, 5.74) is 1.24. The summed E-state index contributed by atoms with van der Waals surface area (Å²) in [6.45, 7) is 12.5. The zero-order valence-corrected chi connectivity index (χ0v) is 18.1. The number of carbonyl (C=O) groups excluding carboxylic acids is 1. The molecule has 0 saturated carbocycles. The summed E-state index contributed by atoms with van der Waals surface area (Å²) in [5, 5.41) is 9.65. The van der Waals surface area contributed by atoms with E-state index < -0.39 is 0 Å². The van der Waals surface area contributed by atoms with Crippen LogP contribution in [-0.2, 0) is 11.2 Å². The van der Waals surface area contributed by atoms with E-state index in [9.17, 15) is 4.79 Å². The van der Waals surface area contributed by atoms with E-state index in [1.165, 1.54) is 24.2 Å². The lowest BCUT2D eigenvalue weighted by Gasteiger charge is -2.17. The molecule has 1 aromatic rings. The van der Waals surface area contributed by atoms with Gasteiger partial charge in [0.25, 0.3) is 0 Å². The molecule has 2 atom stereocenters. The number of aryl methyl sites for hydroxylation is 1. The van der Waals surface area contributed by atoms with Gasteiger partial charge in [0, 0.05) is 18.3 Å². The molecule has 0 spiro atoms. The molecule has 1 rings (SSSR count). The fourth-order valence-electron chi connectivity index (χ4n) is 2.13. The molecular formula is C22H40O2S. The Morgan fingerprint density at radius 3 is 2.20 bits per heavy atom. The summed E-state index contributed by atoms with van der Waals surface area (Å²) in [7, 11) is 0. The van der Waals surface area contributed by atoms with Crippen LogP contribution in [0.2, 0.25) is 0 Å². The van der Waals surface area contributed by atoms with Crippen LogP contribution in [-0.4, -0.2) is 28.5 Å². The highest BCUT2D eigenvalue weighted by atomic mass is 32.2. The van der Waals surface area contributed by atoms with Crippen LogP contribution in [0.1, 0.15) is 72.8 Å². The summed E-state index contributed by atoms with van der Waals surface area (Å²) >= 11 is 2.05. The van der Waals surface area contributed by atoms with E-state index in [1.807, 2.05) is 44.2 Å². The minimum Gasteiger partial charge on any atom is -0.396 e. The molecule has 1 N–H and O–H groups in total. The molecular weight excluding hydrogens is 328 g/mol. The predicted molar refractivity (Wildman–Crippen MR) is 114 cm³/mol. The van der Waals surface area contributed by atoms with Crippen LogP contribution in [0.15, 0.2) is 30.3 Å². The second-order valence-corrected chi connectivity index (χ2v) is 7.52. The lowest BCUT2D eigenvalue weighted by Crippen LogP contribution is -2.11. The molecule has 0 bridgehead atoms. The molecule has 0 amide bonds. The molecule has 0 heterocycles. The number of rotatable bonds is 10. The maximum atomic E-state index is 10.6. The summed E-state index contributed by atoms with van der Waals surface area (Å²) < 4.78 is 0. The van der Waals surface area contributed by atoms with Gasteiger partial charge in [-0.3, -0.25) is 0 Å². The predicted octanol–water partition coefficient (Wildman–Crippen LogP) is 6.16. The van der Waals surface area contributed by atoms with Crippen molar-refractivity contribution in [2.24, 2.45) is 5.92 Å². The van der Waals surface area contributed by atoms with Gasteiger partial charge in [0.2, 0.25) is 0 Å². The van der Waals surface area contributed by atoms with Gasteiger partial charge in [-0.2, -0.15) is 11.8 Å². The summed E-state index contributed by atoms with van der Waals surface area (Å²) in [5.74, 6) is 1.99. The molecule has 1 aromatic carbocycles. The van der Waals surface area contributed by atoms with Gasteiger partial charge in [-0.25, -0.2) is 0 Å². The van der Waals surface area contributed by atoms with E-state index >= 15 is 0 Å². The number of thioether (sulfide) groups is 1. The van der Waals surface area contributed by atoms with E-state index in [0.29, 0.717) is 18.9 Å². The minimum atomic E-state index is 0.258. The lowest BCUT2D eigenvalue weighted by atomic mass is 10.1. The second kappa shape index (κ2) is 19.5. The monoisotopic (exact) mass is 368 g/mol. The van der Waals surface area contributed by atoms with Crippen molar-refractivity contribution in [2.45, 2.75) is 78.9 Å². The molecule has 3 heteroatoms. The molecule has 25 heavy (non-hydrogen) atoms. The van der Waals surface area contributed by atoms with Crippen LogP contribution < -0.4 is 0 Å². The van der Waals surface area contributed by atoms with Crippen molar-refractivity contribution >= 4 is 17.5 Å². The number of Topliss-reactive ketones (excluding diaryl/α,β-unsaturated/α-hetero) is 1. The Morgan fingerprint density at radius 2 is 1.76 bits per heavy atom. The summed E-state index contributed by atoms with van der Waals surface area (Å²) in [4.78, 5) is 10.6. The maximum Gasteiger partial charge on any atom is 0.130 e. The maximum absolute atomic E-state index is 10.6. The molecule has 2 nitrogen and oxygen atoms in total. The highest BCUT2D eigenvalue weighted by molar-refractivity contribution is 7.99. The first-order valence-electron chi connectivity index (χ1n) is 9.79. The van der Waals surface area contributed by atoms with Gasteiger partial charge in [0.15, 0.2) is 0 Å². The number of carbonyl (C=O) groups is 1. The Bertz CT molecular complexity index is 392. The van der Waals surface area contributed by atoms with Crippen LogP contribution in [0.25, 0.3) is 0 Å². The number of aliphatic hydroxyl groups is 1. The smallest absolute Gasteiger partial charge is 0.130 e. The Balaban J connectivity index is 0. The Morgan fingerprint density at radius 1 is 1.16 bits per heavy atom. The van der Waals surface area contributed by atoms with Crippen molar-refractivity contribution in [1.29, 1.82) is 0 Å². The zero-order valence-electron chi connectivity index (χ0n) is 17.3. The van der Waals surface area contributed by atoms with Crippen molar-refractivity contribution in [3.8, 4) is 0 Å². The molecule has 2 unspecified atom stereocenters. The standard InChI is InChI=1S/C10H22OS.C10H12O.C2H6/c1-4-6-12-10(5-2)7-9(3)8-11;1-9(11)7-8-10-5-3-2-4-6-10;1-2/h9-11H,4-8H2,1-3H3;2-6H,7-8H2,1H3;1-2H3. The van der Waals surface area contributed by atoms with Gasteiger partial charge in [-0.05, 0) is 49.8 Å². The van der Waals surface area contributed by atoms with E-state index in [2.05, 4.69) is 32.5 Å². The van der Waals surface area contributed by atoms with Crippen LogP contribution in [0.5, 0.6) is 0 Å². The van der Waals surface area contributed by atoms with Crippen molar-refractivity contribution in [2.75, 3.05) is 12.4 Å². The molecule has 146 valence electrons. The molecule has 0 aromatic heterocycles. The zero-order chi connectivity index (χ0) is 19.5. The van der Waals surface area contributed by atoms with Crippen LogP contribution in [0.4, 0.5) is 0 Å². The third-order valence-electron chi connectivity index (χ3n) is 3.60. The van der Waals surface area contributed by atoms with Crippen LogP contribution >= 0.6 is 11.8 Å². The van der Waals surface area contributed by atoms with Crippen molar-refractivity contribution in [3.63, 3.8) is 0 Å². The molecule has 0 saturated heterocycles. The highest BCUT2D eigenvalue weighted by Crippen LogP contribution is 2.22. The number of hydrogen-bond donors (Lipinski definition) is 1. The first kappa shape index (κ1) is 26.4. The number of benzene rings is 1. The Kier molecular flexibility index (Phi) is 20.6. The van der Waals surface area contributed by atoms with Crippen molar-refractivity contribution < 1.29 is 9.90 Å². The van der Waals surface area contributed by atoms with Gasteiger partial charge in [0.05, 0.1) is 0 Å². The average Bonchev–Trinajstić information content (AvgIpc) is 2.66. The van der Waals surface area contributed by atoms with Crippen LogP contribution in [0, 0.1) is 5.92 Å².